The fraction of sp³-hybridized carbons (Fsp3) is 0.182. The van der Waals surface area contributed by atoms with Gasteiger partial charge in [-0.25, -0.2) is 4.98 Å². The Hall–Kier alpha value is -3.52. The molecular formula is C22H18N4O3S. The first kappa shape index (κ1) is 18.5. The first-order valence-corrected chi connectivity index (χ1v) is 10.4. The topological polar surface area (TPSA) is 88.3 Å². The van der Waals surface area contributed by atoms with Gasteiger partial charge in [-0.2, -0.15) is 0 Å². The van der Waals surface area contributed by atoms with Crippen molar-refractivity contribution in [1.82, 2.24) is 15.0 Å². The highest BCUT2D eigenvalue weighted by atomic mass is 32.1. The number of carbonyl (C=O) groups is 2. The van der Waals surface area contributed by atoms with Gasteiger partial charge >= 0.3 is 0 Å². The second-order valence-corrected chi connectivity index (χ2v) is 8.25. The summed E-state index contributed by atoms with van der Waals surface area (Å²) in [6.07, 6.45) is 0.654. The van der Waals surface area contributed by atoms with Crippen LogP contribution < -0.4 is 5.32 Å². The van der Waals surface area contributed by atoms with Crippen LogP contribution in [0, 0.1) is 6.92 Å². The largest absolute Gasteiger partial charge is 0.361 e. The maximum absolute atomic E-state index is 13.2. The first-order chi connectivity index (χ1) is 14.6. The van der Waals surface area contributed by atoms with Crippen molar-refractivity contribution in [2.75, 3.05) is 11.9 Å². The van der Waals surface area contributed by atoms with Gasteiger partial charge < -0.3 is 9.42 Å². The molecule has 2 aromatic carbocycles. The van der Waals surface area contributed by atoms with E-state index in [0.29, 0.717) is 36.0 Å². The van der Waals surface area contributed by atoms with Gasteiger partial charge in [0.2, 0.25) is 0 Å². The van der Waals surface area contributed by atoms with Crippen LogP contribution in [0.25, 0.3) is 10.8 Å². The van der Waals surface area contributed by atoms with E-state index in [-0.39, 0.29) is 17.5 Å². The fourth-order valence-electron chi connectivity index (χ4n) is 3.64. The van der Waals surface area contributed by atoms with E-state index in [1.165, 1.54) is 11.3 Å². The zero-order valence-corrected chi connectivity index (χ0v) is 17.0. The van der Waals surface area contributed by atoms with Crippen molar-refractivity contribution >= 4 is 39.1 Å². The van der Waals surface area contributed by atoms with Crippen LogP contribution >= 0.6 is 11.3 Å². The van der Waals surface area contributed by atoms with Crippen molar-refractivity contribution in [2.24, 2.45) is 0 Å². The first-order valence-electron chi connectivity index (χ1n) is 9.59. The molecule has 2 amide bonds. The number of hydrogen-bond donors (Lipinski definition) is 1. The molecule has 0 radical (unpaired) electrons. The number of nitrogens with one attached hydrogen (secondary N) is 1. The van der Waals surface area contributed by atoms with Crippen LogP contribution in [0.15, 0.2) is 53.1 Å². The SMILES string of the molecule is Cc1cc(C(=O)Nc2nc3c(s2)CN(C(=O)c2cccc4ccccc24)CC3)no1. The molecule has 30 heavy (non-hydrogen) atoms. The molecule has 0 saturated carbocycles. The van der Waals surface area contributed by atoms with Crippen molar-refractivity contribution in [1.29, 1.82) is 0 Å². The molecule has 1 N–H and O–H groups in total. The molecule has 1 aliphatic heterocycles. The highest BCUT2D eigenvalue weighted by Gasteiger charge is 2.26. The molecule has 0 unspecified atom stereocenters. The molecular weight excluding hydrogens is 400 g/mol. The summed E-state index contributed by atoms with van der Waals surface area (Å²) in [6, 6.07) is 15.3. The summed E-state index contributed by atoms with van der Waals surface area (Å²) in [5.74, 6) is 0.220. The van der Waals surface area contributed by atoms with E-state index in [1.54, 1.807) is 13.0 Å². The van der Waals surface area contributed by atoms with Crippen LogP contribution in [0.5, 0.6) is 0 Å². The number of rotatable bonds is 3. The highest BCUT2D eigenvalue weighted by Crippen LogP contribution is 2.30. The Bertz CT molecular complexity index is 1270. The molecule has 4 aromatic rings. The molecule has 1 aliphatic rings. The summed E-state index contributed by atoms with van der Waals surface area (Å²) < 4.78 is 4.95. The van der Waals surface area contributed by atoms with Gasteiger partial charge in [0, 0.05) is 29.5 Å². The molecule has 0 aliphatic carbocycles. The molecule has 0 spiro atoms. The van der Waals surface area contributed by atoms with E-state index in [9.17, 15) is 9.59 Å². The maximum Gasteiger partial charge on any atom is 0.279 e. The van der Waals surface area contributed by atoms with Gasteiger partial charge in [0.05, 0.1) is 12.2 Å². The van der Waals surface area contributed by atoms with Crippen molar-refractivity contribution in [3.8, 4) is 0 Å². The summed E-state index contributed by atoms with van der Waals surface area (Å²) in [5.41, 5.74) is 1.85. The summed E-state index contributed by atoms with van der Waals surface area (Å²) in [6.45, 7) is 2.80. The van der Waals surface area contributed by atoms with E-state index in [1.807, 2.05) is 47.4 Å². The normalized spacial score (nSPS) is 13.3. The van der Waals surface area contributed by atoms with Crippen LogP contribution in [0.3, 0.4) is 0 Å². The number of aryl methyl sites for hydroxylation is 1. The molecule has 0 fully saturated rings. The quantitative estimate of drug-likeness (QED) is 0.542. The molecule has 0 saturated heterocycles. The van der Waals surface area contributed by atoms with Crippen molar-refractivity contribution < 1.29 is 14.1 Å². The van der Waals surface area contributed by atoms with E-state index >= 15 is 0 Å². The molecule has 0 bridgehead atoms. The van der Waals surface area contributed by atoms with E-state index in [2.05, 4.69) is 15.5 Å². The molecule has 5 rings (SSSR count). The maximum atomic E-state index is 13.2. The minimum atomic E-state index is -0.360. The lowest BCUT2D eigenvalue weighted by Crippen LogP contribution is -2.35. The average molecular weight is 418 g/mol. The second kappa shape index (κ2) is 7.38. The van der Waals surface area contributed by atoms with E-state index in [0.717, 1.165) is 21.3 Å². The van der Waals surface area contributed by atoms with Crippen LogP contribution in [0.4, 0.5) is 5.13 Å². The minimum Gasteiger partial charge on any atom is -0.361 e. The monoisotopic (exact) mass is 418 g/mol. The number of aromatic nitrogens is 2. The van der Waals surface area contributed by atoms with Crippen molar-refractivity contribution in [2.45, 2.75) is 19.9 Å². The summed E-state index contributed by atoms with van der Waals surface area (Å²) in [7, 11) is 0. The Morgan fingerprint density at radius 3 is 2.83 bits per heavy atom. The minimum absolute atomic E-state index is 0.00880. The smallest absolute Gasteiger partial charge is 0.279 e. The van der Waals surface area contributed by atoms with Crippen molar-refractivity contribution in [3.05, 3.63) is 76.1 Å². The van der Waals surface area contributed by atoms with Gasteiger partial charge in [-0.15, -0.1) is 0 Å². The Morgan fingerprint density at radius 2 is 2.00 bits per heavy atom. The third kappa shape index (κ3) is 3.35. The summed E-state index contributed by atoms with van der Waals surface area (Å²) >= 11 is 1.39. The number of anilines is 1. The second-order valence-electron chi connectivity index (χ2n) is 7.17. The Morgan fingerprint density at radius 1 is 1.17 bits per heavy atom. The summed E-state index contributed by atoms with van der Waals surface area (Å²) in [4.78, 5) is 32.9. The molecule has 150 valence electrons. The predicted molar refractivity (Wildman–Crippen MR) is 114 cm³/mol. The van der Waals surface area contributed by atoms with Gasteiger partial charge in [0.15, 0.2) is 10.8 Å². The lowest BCUT2D eigenvalue weighted by Gasteiger charge is -2.26. The standard InChI is InChI=1S/C22H18N4O3S/c1-13-11-18(25-29-13)20(27)24-22-23-17-9-10-26(12-19(17)30-22)21(28)16-8-4-6-14-5-2-3-7-15(14)16/h2-8,11H,9-10,12H2,1H3,(H,23,24,27). The van der Waals surface area contributed by atoms with Gasteiger partial charge in [0.25, 0.3) is 11.8 Å². The average Bonchev–Trinajstić information content (AvgIpc) is 3.37. The summed E-state index contributed by atoms with van der Waals surface area (Å²) in [5, 5.41) is 9.00. The van der Waals surface area contributed by atoms with Crippen LogP contribution in [-0.2, 0) is 13.0 Å². The zero-order valence-electron chi connectivity index (χ0n) is 16.2. The number of carbonyl (C=O) groups excluding carboxylic acids is 2. The van der Waals surface area contributed by atoms with Gasteiger partial charge in [-0.05, 0) is 23.8 Å². The van der Waals surface area contributed by atoms with Crippen LogP contribution in [-0.4, -0.2) is 33.4 Å². The Labute approximate surface area is 176 Å². The molecule has 3 heterocycles. The van der Waals surface area contributed by atoms with Gasteiger partial charge in [-0.1, -0.05) is 52.9 Å². The van der Waals surface area contributed by atoms with Gasteiger partial charge in [-0.3, -0.25) is 14.9 Å². The number of amides is 2. The third-order valence-corrected chi connectivity index (χ3v) is 6.12. The fourth-order valence-corrected chi connectivity index (χ4v) is 4.66. The Kier molecular flexibility index (Phi) is 4.55. The Balaban J connectivity index is 1.35. The van der Waals surface area contributed by atoms with Crippen LogP contribution in [0.2, 0.25) is 0 Å². The zero-order chi connectivity index (χ0) is 20.7. The number of thiazole rings is 1. The molecule has 7 nitrogen and oxygen atoms in total. The number of fused-ring (bicyclic) bond motifs is 2. The molecule has 2 aromatic heterocycles. The number of nitrogens with zero attached hydrogens (tertiary/aromatic N) is 3. The van der Waals surface area contributed by atoms with E-state index in [4.69, 9.17) is 4.52 Å². The lowest BCUT2D eigenvalue weighted by atomic mass is 10.0. The highest BCUT2D eigenvalue weighted by molar-refractivity contribution is 7.15. The predicted octanol–water partition coefficient (Wildman–Crippen LogP) is 4.04. The number of hydrogen-bond acceptors (Lipinski definition) is 6. The van der Waals surface area contributed by atoms with Gasteiger partial charge in [0.1, 0.15) is 5.76 Å². The third-order valence-electron chi connectivity index (χ3n) is 5.12. The molecule has 8 heteroatoms. The molecule has 0 atom stereocenters. The van der Waals surface area contributed by atoms with E-state index < -0.39 is 0 Å². The van der Waals surface area contributed by atoms with Crippen LogP contribution in [0.1, 0.15) is 37.2 Å². The van der Waals surface area contributed by atoms with Crippen molar-refractivity contribution in [3.63, 3.8) is 0 Å². The lowest BCUT2D eigenvalue weighted by molar-refractivity contribution is 0.0738. The number of benzene rings is 2.